The van der Waals surface area contributed by atoms with Crippen molar-refractivity contribution in [2.45, 2.75) is 45.6 Å². The van der Waals surface area contributed by atoms with Gasteiger partial charge in [0.1, 0.15) is 0 Å². The molecular formula is C15H29N3O. The van der Waals surface area contributed by atoms with Crippen molar-refractivity contribution in [3.8, 4) is 0 Å². The third-order valence-electron chi connectivity index (χ3n) is 4.65. The lowest BCUT2D eigenvalue weighted by molar-refractivity contribution is -0.135. The van der Waals surface area contributed by atoms with Crippen molar-refractivity contribution >= 4 is 5.91 Å². The lowest BCUT2D eigenvalue weighted by atomic mass is 9.95. The summed E-state index contributed by atoms with van der Waals surface area (Å²) in [5.41, 5.74) is 0. The number of hydrogen-bond donors (Lipinski definition) is 1. The topological polar surface area (TPSA) is 35.6 Å². The van der Waals surface area contributed by atoms with Crippen LogP contribution in [0.3, 0.4) is 0 Å². The highest BCUT2D eigenvalue weighted by Crippen LogP contribution is 2.20. The summed E-state index contributed by atoms with van der Waals surface area (Å²) in [5, 5.41) is 3.44. The molecule has 0 aromatic heterocycles. The Hall–Kier alpha value is -0.610. The smallest absolute Gasteiger partial charge is 0.239 e. The molecule has 19 heavy (non-hydrogen) atoms. The normalized spacial score (nSPS) is 23.8. The summed E-state index contributed by atoms with van der Waals surface area (Å²) < 4.78 is 0. The fourth-order valence-corrected chi connectivity index (χ4v) is 3.25. The van der Waals surface area contributed by atoms with E-state index < -0.39 is 0 Å². The lowest BCUT2D eigenvalue weighted by Crippen LogP contribution is -2.49. The van der Waals surface area contributed by atoms with Crippen LogP contribution in [0, 0.1) is 5.92 Å². The molecule has 2 heterocycles. The number of carbonyl (C=O) groups excluding carboxylic acids is 1. The number of nitrogens with one attached hydrogen (secondary N) is 1. The average molecular weight is 267 g/mol. The second kappa shape index (κ2) is 7.25. The number of rotatable bonds is 5. The molecule has 0 radical (unpaired) electrons. The summed E-state index contributed by atoms with van der Waals surface area (Å²) in [6.07, 6.45) is 4.82. The van der Waals surface area contributed by atoms with Gasteiger partial charge in [0.2, 0.25) is 5.91 Å². The van der Waals surface area contributed by atoms with Crippen molar-refractivity contribution < 1.29 is 4.79 Å². The number of carbonyl (C=O) groups is 1. The van der Waals surface area contributed by atoms with Gasteiger partial charge in [-0.2, -0.15) is 0 Å². The largest absolute Gasteiger partial charge is 0.341 e. The molecule has 2 saturated heterocycles. The minimum absolute atomic E-state index is 0.0817. The first-order valence-corrected chi connectivity index (χ1v) is 7.96. The van der Waals surface area contributed by atoms with E-state index in [1.165, 1.54) is 25.7 Å². The van der Waals surface area contributed by atoms with Crippen LogP contribution < -0.4 is 5.32 Å². The van der Waals surface area contributed by atoms with Crippen molar-refractivity contribution in [1.82, 2.24) is 15.1 Å². The van der Waals surface area contributed by atoms with E-state index in [0.29, 0.717) is 5.91 Å². The van der Waals surface area contributed by atoms with Gasteiger partial charge in [-0.15, -0.1) is 0 Å². The third-order valence-corrected chi connectivity index (χ3v) is 4.65. The predicted molar refractivity (Wildman–Crippen MR) is 78.1 cm³/mol. The molecule has 2 fully saturated rings. The second-order valence-corrected chi connectivity index (χ2v) is 6.00. The van der Waals surface area contributed by atoms with Gasteiger partial charge in [-0.3, -0.25) is 9.69 Å². The van der Waals surface area contributed by atoms with Gasteiger partial charge in [0, 0.05) is 13.1 Å². The van der Waals surface area contributed by atoms with Gasteiger partial charge in [0.05, 0.1) is 6.04 Å². The van der Waals surface area contributed by atoms with Gasteiger partial charge in [-0.25, -0.2) is 0 Å². The fraction of sp³-hybridized carbons (Fsp3) is 0.933. The molecule has 0 aliphatic carbocycles. The summed E-state index contributed by atoms with van der Waals surface area (Å²) in [5.74, 6) is 1.15. The maximum atomic E-state index is 12.4. The molecule has 0 spiro atoms. The van der Waals surface area contributed by atoms with Crippen LogP contribution in [0.2, 0.25) is 0 Å². The van der Waals surface area contributed by atoms with Crippen LogP contribution in [0.5, 0.6) is 0 Å². The molecule has 4 heteroatoms. The molecule has 1 amide bonds. The third kappa shape index (κ3) is 3.93. The van der Waals surface area contributed by atoms with E-state index >= 15 is 0 Å². The molecule has 0 saturated carbocycles. The van der Waals surface area contributed by atoms with Gasteiger partial charge in [-0.05, 0) is 64.7 Å². The van der Waals surface area contributed by atoms with Crippen LogP contribution in [-0.4, -0.2) is 61.0 Å². The maximum absolute atomic E-state index is 12.4. The Morgan fingerprint density at radius 2 is 1.84 bits per heavy atom. The van der Waals surface area contributed by atoms with Crippen LogP contribution >= 0.6 is 0 Å². The summed E-state index contributed by atoms with van der Waals surface area (Å²) >= 11 is 0. The molecule has 2 aliphatic heterocycles. The van der Waals surface area contributed by atoms with Crippen LogP contribution in [0.25, 0.3) is 0 Å². The number of hydrogen-bond acceptors (Lipinski definition) is 3. The number of nitrogens with zero attached hydrogens (tertiary/aromatic N) is 2. The summed E-state index contributed by atoms with van der Waals surface area (Å²) in [6.45, 7) is 10.5. The number of likely N-dealkylation sites (tertiary alicyclic amines) is 2. The Labute approximate surface area is 117 Å². The average Bonchev–Trinajstić information content (AvgIpc) is 2.98. The van der Waals surface area contributed by atoms with Crippen molar-refractivity contribution in [3.63, 3.8) is 0 Å². The SMILES string of the molecule is CCNCC1CCN(C(C)C(=O)N2CCCC2)CC1. The van der Waals surface area contributed by atoms with Gasteiger partial charge >= 0.3 is 0 Å². The van der Waals surface area contributed by atoms with E-state index in [0.717, 1.165) is 45.2 Å². The van der Waals surface area contributed by atoms with Crippen LogP contribution in [0.15, 0.2) is 0 Å². The summed E-state index contributed by atoms with van der Waals surface area (Å²) in [6, 6.07) is 0.0817. The molecular weight excluding hydrogens is 238 g/mol. The molecule has 110 valence electrons. The first kappa shape index (κ1) is 14.8. The van der Waals surface area contributed by atoms with Crippen molar-refractivity contribution in [2.75, 3.05) is 39.3 Å². The highest BCUT2D eigenvalue weighted by molar-refractivity contribution is 5.81. The van der Waals surface area contributed by atoms with E-state index in [1.54, 1.807) is 0 Å². The van der Waals surface area contributed by atoms with Crippen LogP contribution in [0.4, 0.5) is 0 Å². The molecule has 0 bridgehead atoms. The van der Waals surface area contributed by atoms with Crippen molar-refractivity contribution in [2.24, 2.45) is 5.92 Å². The van der Waals surface area contributed by atoms with E-state index in [9.17, 15) is 4.79 Å². The van der Waals surface area contributed by atoms with E-state index in [2.05, 4.69) is 29.0 Å². The fourth-order valence-electron chi connectivity index (χ4n) is 3.25. The first-order chi connectivity index (χ1) is 9.22. The predicted octanol–water partition coefficient (Wildman–Crippen LogP) is 1.32. The van der Waals surface area contributed by atoms with Crippen molar-refractivity contribution in [1.29, 1.82) is 0 Å². The quantitative estimate of drug-likeness (QED) is 0.816. The van der Waals surface area contributed by atoms with Crippen LogP contribution in [-0.2, 0) is 4.79 Å². The molecule has 1 atom stereocenters. The standard InChI is InChI=1S/C15H29N3O/c1-3-16-12-14-6-10-17(11-7-14)13(2)15(19)18-8-4-5-9-18/h13-14,16H,3-12H2,1-2H3. The summed E-state index contributed by atoms with van der Waals surface area (Å²) in [4.78, 5) is 16.8. The molecule has 4 nitrogen and oxygen atoms in total. The molecule has 1 N–H and O–H groups in total. The van der Waals surface area contributed by atoms with E-state index in [4.69, 9.17) is 0 Å². The molecule has 0 aromatic rings. The molecule has 2 aliphatic rings. The first-order valence-electron chi connectivity index (χ1n) is 7.96. The van der Waals surface area contributed by atoms with Crippen molar-refractivity contribution in [3.05, 3.63) is 0 Å². The Morgan fingerprint density at radius 3 is 2.42 bits per heavy atom. The molecule has 0 aromatic carbocycles. The minimum atomic E-state index is 0.0817. The molecule has 1 unspecified atom stereocenters. The molecule has 2 rings (SSSR count). The summed E-state index contributed by atoms with van der Waals surface area (Å²) in [7, 11) is 0. The van der Waals surface area contributed by atoms with Gasteiger partial charge < -0.3 is 10.2 Å². The second-order valence-electron chi connectivity index (χ2n) is 6.00. The highest BCUT2D eigenvalue weighted by atomic mass is 16.2. The maximum Gasteiger partial charge on any atom is 0.239 e. The van der Waals surface area contributed by atoms with Gasteiger partial charge in [-0.1, -0.05) is 6.92 Å². The number of piperidine rings is 1. The number of amides is 1. The highest BCUT2D eigenvalue weighted by Gasteiger charge is 2.30. The Morgan fingerprint density at radius 1 is 1.21 bits per heavy atom. The van der Waals surface area contributed by atoms with Gasteiger partial charge in [0.25, 0.3) is 0 Å². The minimum Gasteiger partial charge on any atom is -0.341 e. The monoisotopic (exact) mass is 267 g/mol. The zero-order chi connectivity index (χ0) is 13.7. The Kier molecular flexibility index (Phi) is 5.64. The van der Waals surface area contributed by atoms with E-state index in [-0.39, 0.29) is 6.04 Å². The zero-order valence-corrected chi connectivity index (χ0v) is 12.5. The Balaban J connectivity index is 1.75. The zero-order valence-electron chi connectivity index (χ0n) is 12.5. The van der Waals surface area contributed by atoms with E-state index in [1.807, 2.05) is 0 Å². The van der Waals surface area contributed by atoms with Crippen LogP contribution in [0.1, 0.15) is 39.5 Å². The lowest BCUT2D eigenvalue weighted by Gasteiger charge is -2.36. The van der Waals surface area contributed by atoms with Gasteiger partial charge in [0.15, 0.2) is 0 Å². The Bertz CT molecular complexity index is 281.